The summed E-state index contributed by atoms with van der Waals surface area (Å²) in [6, 6.07) is 3.43. The van der Waals surface area contributed by atoms with E-state index in [9.17, 15) is 4.79 Å². The van der Waals surface area contributed by atoms with Crippen LogP contribution in [0.25, 0.3) is 5.65 Å². The van der Waals surface area contributed by atoms with Crippen molar-refractivity contribution in [1.82, 2.24) is 19.4 Å². The van der Waals surface area contributed by atoms with Crippen LogP contribution >= 0.6 is 0 Å². The Morgan fingerprint density at radius 1 is 1.20 bits per heavy atom. The van der Waals surface area contributed by atoms with Gasteiger partial charge < -0.3 is 19.5 Å². The molecule has 2 fully saturated rings. The second-order valence-corrected chi connectivity index (χ2v) is 8.20. The molecule has 4 heterocycles. The molecule has 0 aromatic carbocycles. The average Bonchev–Trinajstić information content (AvgIpc) is 3.44. The number of hydrogen-bond acceptors (Lipinski definition) is 7. The summed E-state index contributed by atoms with van der Waals surface area (Å²) in [5.41, 5.74) is 2.05. The summed E-state index contributed by atoms with van der Waals surface area (Å²) in [7, 11) is 3.02. The first-order valence-electron chi connectivity index (χ1n) is 9.84. The highest BCUT2D eigenvalue weighted by atomic mass is 16.5. The molecule has 1 aliphatic heterocycles. The fraction of sp³-hybridized carbons (Fsp3) is 0.429. The Bertz CT molecular complexity index is 1130. The molecule has 9 heteroatoms. The molecule has 3 aromatic heterocycles. The van der Waals surface area contributed by atoms with Crippen LogP contribution in [0.5, 0.6) is 11.8 Å². The van der Waals surface area contributed by atoms with E-state index < -0.39 is 5.91 Å². The molecule has 5 rings (SSSR count). The first-order valence-corrected chi connectivity index (χ1v) is 9.84. The Kier molecular flexibility index (Phi) is 4.18. The number of rotatable bonds is 5. The van der Waals surface area contributed by atoms with E-state index in [0.29, 0.717) is 29.7 Å². The first-order chi connectivity index (χ1) is 14.5. The van der Waals surface area contributed by atoms with E-state index in [1.807, 2.05) is 6.20 Å². The number of imidazole rings is 1. The topological polar surface area (TPSA) is 99.9 Å². The minimum atomic E-state index is -0.396. The summed E-state index contributed by atoms with van der Waals surface area (Å²) in [6.45, 7) is 2.83. The predicted molar refractivity (Wildman–Crippen MR) is 108 cm³/mol. The summed E-state index contributed by atoms with van der Waals surface area (Å²) >= 11 is 0. The van der Waals surface area contributed by atoms with Crippen LogP contribution in [0.15, 0.2) is 30.7 Å². The number of nitrogens with zero attached hydrogens (tertiary/aromatic N) is 4. The number of carbonyl (C=O) groups is 1. The van der Waals surface area contributed by atoms with Crippen molar-refractivity contribution in [3.05, 3.63) is 42.1 Å². The van der Waals surface area contributed by atoms with Gasteiger partial charge in [-0.2, -0.15) is 0 Å². The molecule has 156 valence electrons. The Labute approximate surface area is 173 Å². The normalized spacial score (nSPS) is 24.9. The average molecular weight is 409 g/mol. The Morgan fingerprint density at radius 3 is 2.70 bits per heavy atom. The molecular weight excluding hydrogens is 386 g/mol. The number of aromatic nitrogens is 4. The maximum atomic E-state index is 12.9. The largest absolute Gasteiger partial charge is 0.480 e. The molecule has 1 aliphatic carbocycles. The molecule has 1 N–H and O–H groups in total. The van der Waals surface area contributed by atoms with Crippen molar-refractivity contribution in [1.29, 1.82) is 0 Å². The molecule has 2 aliphatic rings. The number of hydrogen-bond donors (Lipinski definition) is 1. The van der Waals surface area contributed by atoms with Crippen LogP contribution in [0, 0.1) is 0 Å². The molecule has 3 aromatic rings. The number of amides is 1. The highest BCUT2D eigenvalue weighted by Crippen LogP contribution is 2.53. The highest BCUT2D eigenvalue weighted by Gasteiger charge is 2.55. The summed E-state index contributed by atoms with van der Waals surface area (Å²) in [5.74, 6) is 0.226. The maximum absolute atomic E-state index is 12.9. The lowest BCUT2D eigenvalue weighted by Gasteiger charge is -2.24. The van der Waals surface area contributed by atoms with E-state index in [-0.39, 0.29) is 16.7 Å². The summed E-state index contributed by atoms with van der Waals surface area (Å²) in [6.07, 6.45) is 8.23. The zero-order chi connectivity index (χ0) is 20.9. The lowest BCUT2D eigenvalue weighted by Crippen LogP contribution is -2.26. The van der Waals surface area contributed by atoms with Gasteiger partial charge in [-0.25, -0.2) is 15.0 Å². The van der Waals surface area contributed by atoms with Gasteiger partial charge in [0.2, 0.25) is 11.5 Å². The Morgan fingerprint density at radius 2 is 2.03 bits per heavy atom. The van der Waals surface area contributed by atoms with E-state index in [4.69, 9.17) is 19.2 Å². The highest BCUT2D eigenvalue weighted by molar-refractivity contribution is 6.03. The zero-order valence-corrected chi connectivity index (χ0v) is 17.1. The zero-order valence-electron chi connectivity index (χ0n) is 17.1. The smallest absolute Gasteiger partial charge is 0.276 e. The molecule has 2 bridgehead atoms. The fourth-order valence-corrected chi connectivity index (χ4v) is 4.55. The van der Waals surface area contributed by atoms with Crippen molar-refractivity contribution in [3.63, 3.8) is 0 Å². The monoisotopic (exact) mass is 409 g/mol. The third-order valence-corrected chi connectivity index (χ3v) is 6.13. The maximum Gasteiger partial charge on any atom is 0.276 e. The fourth-order valence-electron chi connectivity index (χ4n) is 4.55. The third-order valence-electron chi connectivity index (χ3n) is 6.13. The van der Waals surface area contributed by atoms with Gasteiger partial charge in [-0.1, -0.05) is 0 Å². The second kappa shape index (κ2) is 6.66. The van der Waals surface area contributed by atoms with Crippen LogP contribution in [-0.4, -0.2) is 51.7 Å². The minimum absolute atomic E-state index is 0.0635. The van der Waals surface area contributed by atoms with Crippen molar-refractivity contribution in [2.75, 3.05) is 26.1 Å². The van der Waals surface area contributed by atoms with Crippen molar-refractivity contribution < 1.29 is 19.0 Å². The molecule has 1 amide bonds. The van der Waals surface area contributed by atoms with Gasteiger partial charge in [0, 0.05) is 24.0 Å². The number of pyridine rings is 1. The van der Waals surface area contributed by atoms with Crippen LogP contribution in [0.4, 0.5) is 5.69 Å². The van der Waals surface area contributed by atoms with Crippen molar-refractivity contribution >= 4 is 17.2 Å². The molecule has 0 radical (unpaired) electrons. The van der Waals surface area contributed by atoms with E-state index in [0.717, 1.165) is 25.0 Å². The van der Waals surface area contributed by atoms with Gasteiger partial charge in [-0.3, -0.25) is 9.20 Å². The third kappa shape index (κ3) is 2.88. The predicted octanol–water partition coefficient (Wildman–Crippen LogP) is 2.60. The van der Waals surface area contributed by atoms with E-state index >= 15 is 0 Å². The lowest BCUT2D eigenvalue weighted by atomic mass is 9.84. The van der Waals surface area contributed by atoms with Crippen LogP contribution in [0.2, 0.25) is 0 Å². The van der Waals surface area contributed by atoms with Crippen molar-refractivity contribution in [2.24, 2.45) is 0 Å². The number of methoxy groups -OCH3 is 2. The van der Waals surface area contributed by atoms with Gasteiger partial charge in [0.1, 0.15) is 11.4 Å². The Hall–Kier alpha value is -3.20. The Balaban J connectivity index is 1.51. The minimum Gasteiger partial charge on any atom is -0.480 e. The van der Waals surface area contributed by atoms with Gasteiger partial charge in [0.15, 0.2) is 0 Å². The quantitative estimate of drug-likeness (QED) is 0.691. The lowest BCUT2D eigenvalue weighted by molar-refractivity contribution is -0.00627. The van der Waals surface area contributed by atoms with Gasteiger partial charge in [-0.05, 0) is 38.3 Å². The number of nitrogens with one attached hydrogen (secondary N) is 1. The van der Waals surface area contributed by atoms with Crippen LogP contribution in [0.1, 0.15) is 42.4 Å². The first kappa shape index (κ1) is 18.8. The molecule has 1 saturated carbocycles. The van der Waals surface area contributed by atoms with Crippen LogP contribution in [0.3, 0.4) is 0 Å². The van der Waals surface area contributed by atoms with Gasteiger partial charge >= 0.3 is 0 Å². The molecule has 2 unspecified atom stereocenters. The van der Waals surface area contributed by atoms with Crippen molar-refractivity contribution in [3.8, 4) is 11.8 Å². The summed E-state index contributed by atoms with van der Waals surface area (Å²) < 4.78 is 18.5. The second-order valence-electron chi connectivity index (χ2n) is 8.20. The number of anilines is 1. The molecule has 0 spiro atoms. The van der Waals surface area contributed by atoms with Gasteiger partial charge in [0.25, 0.3) is 11.8 Å². The van der Waals surface area contributed by atoms with Crippen LogP contribution in [-0.2, 0) is 10.2 Å². The van der Waals surface area contributed by atoms with Crippen LogP contribution < -0.4 is 14.8 Å². The van der Waals surface area contributed by atoms with E-state index in [1.54, 1.807) is 28.9 Å². The molecule has 1 saturated heterocycles. The van der Waals surface area contributed by atoms with Gasteiger partial charge in [0.05, 0.1) is 32.1 Å². The molecule has 2 atom stereocenters. The SMILES string of the molecule is COc1ncccc1NC(=O)c1cn2cc(C34CCC(C)(C3)OC4)nc2c(OC)n1. The molecular formula is C21H23N5O4. The molecule has 30 heavy (non-hydrogen) atoms. The number of fused-ring (bicyclic) bond motifs is 3. The van der Waals surface area contributed by atoms with Crippen molar-refractivity contribution in [2.45, 2.75) is 37.2 Å². The number of ether oxygens (including phenoxy) is 3. The number of carbonyl (C=O) groups excluding carboxylic acids is 1. The summed E-state index contributed by atoms with van der Waals surface area (Å²) in [5, 5.41) is 2.79. The van der Waals surface area contributed by atoms with E-state index in [1.165, 1.54) is 14.2 Å². The van der Waals surface area contributed by atoms with Gasteiger partial charge in [-0.15, -0.1) is 0 Å². The summed E-state index contributed by atoms with van der Waals surface area (Å²) in [4.78, 5) is 26.1. The molecule has 9 nitrogen and oxygen atoms in total. The van der Waals surface area contributed by atoms with E-state index in [2.05, 4.69) is 22.2 Å². The standard InChI is InChI=1S/C21H23N5O4/c1-20-6-7-21(11-20,12-30-20)15-10-26-9-14(24-19(29-3)16(26)25-15)17(27)23-13-5-4-8-22-18(13)28-2/h4-5,8-10H,6-7,11-12H2,1-3H3,(H,23,27).